The van der Waals surface area contributed by atoms with Crippen molar-refractivity contribution in [1.29, 1.82) is 0 Å². The lowest BCUT2D eigenvalue weighted by Crippen LogP contribution is -2.54. The standard InChI is InChI=1S/C24H22N4O7/c29-18-9-8-17(21(31)27-18)28-22(32)15-2-1-3-16(20(15)23(28)33)26-19(30)12-14-6-4-13(5-7-14)10-11-25-24(34)35/h1-7,17,25H,8-12H2,(H,26,30)(H,34,35)(H,27,29,31). The number of nitrogens with zero attached hydrogens (tertiary/aromatic N) is 1. The Labute approximate surface area is 199 Å². The predicted molar refractivity (Wildman–Crippen MR) is 122 cm³/mol. The molecule has 1 atom stereocenters. The van der Waals surface area contributed by atoms with Gasteiger partial charge in [-0.3, -0.25) is 34.2 Å². The molecule has 180 valence electrons. The van der Waals surface area contributed by atoms with E-state index >= 15 is 0 Å². The predicted octanol–water partition coefficient (Wildman–Crippen LogP) is 1.08. The molecule has 0 saturated carbocycles. The van der Waals surface area contributed by atoms with Crippen LogP contribution in [-0.4, -0.2) is 58.2 Å². The van der Waals surface area contributed by atoms with Crippen LogP contribution < -0.4 is 16.0 Å². The van der Waals surface area contributed by atoms with Crippen molar-refractivity contribution in [2.75, 3.05) is 11.9 Å². The van der Waals surface area contributed by atoms with Crippen LogP contribution in [0.3, 0.4) is 0 Å². The van der Waals surface area contributed by atoms with Gasteiger partial charge in [0.05, 0.1) is 23.2 Å². The molecule has 6 amide bonds. The van der Waals surface area contributed by atoms with Gasteiger partial charge in [-0.05, 0) is 36.1 Å². The Bertz CT molecular complexity index is 1240. The van der Waals surface area contributed by atoms with E-state index in [4.69, 9.17) is 5.11 Å². The molecular weight excluding hydrogens is 456 g/mol. The number of hydrogen-bond donors (Lipinski definition) is 4. The second kappa shape index (κ2) is 9.75. The van der Waals surface area contributed by atoms with Crippen LogP contribution in [0.5, 0.6) is 0 Å². The lowest BCUT2D eigenvalue weighted by Gasteiger charge is -2.27. The first-order valence-corrected chi connectivity index (χ1v) is 10.9. The maximum atomic E-state index is 13.1. The quantitative estimate of drug-likeness (QED) is 0.433. The number of rotatable bonds is 7. The highest BCUT2D eigenvalue weighted by Gasteiger charge is 2.45. The Balaban J connectivity index is 1.44. The van der Waals surface area contributed by atoms with E-state index in [9.17, 15) is 28.8 Å². The minimum absolute atomic E-state index is 0.0102. The molecule has 2 aromatic carbocycles. The van der Waals surface area contributed by atoms with Crippen LogP contribution in [-0.2, 0) is 27.2 Å². The highest BCUT2D eigenvalue weighted by atomic mass is 16.4. The monoisotopic (exact) mass is 478 g/mol. The van der Waals surface area contributed by atoms with Crippen molar-refractivity contribution in [2.45, 2.75) is 31.7 Å². The molecule has 1 fully saturated rings. The third-order valence-corrected chi connectivity index (χ3v) is 5.82. The second-order valence-electron chi connectivity index (χ2n) is 8.20. The summed E-state index contributed by atoms with van der Waals surface area (Å²) in [4.78, 5) is 73.7. The Kier molecular flexibility index (Phi) is 6.58. The number of piperidine rings is 1. The number of nitrogens with one attached hydrogen (secondary N) is 3. The molecule has 2 aliphatic heterocycles. The number of hydrogen-bond acceptors (Lipinski definition) is 6. The zero-order valence-electron chi connectivity index (χ0n) is 18.5. The SMILES string of the molecule is O=C(O)NCCc1ccc(CC(=O)Nc2cccc3c2C(=O)N(C2CCC(=O)NC2=O)C3=O)cc1. The topological polar surface area (TPSA) is 162 Å². The molecule has 1 unspecified atom stereocenters. The van der Waals surface area contributed by atoms with Crippen LogP contribution >= 0.6 is 0 Å². The van der Waals surface area contributed by atoms with Crippen LogP contribution in [0.15, 0.2) is 42.5 Å². The molecule has 0 radical (unpaired) electrons. The third kappa shape index (κ3) is 5.03. The van der Waals surface area contributed by atoms with Crippen molar-refractivity contribution >= 4 is 41.3 Å². The summed E-state index contributed by atoms with van der Waals surface area (Å²) in [6.45, 7) is 0.275. The van der Waals surface area contributed by atoms with Gasteiger partial charge in [0.15, 0.2) is 0 Å². The first kappa shape index (κ1) is 23.6. The minimum atomic E-state index is -1.09. The summed E-state index contributed by atoms with van der Waals surface area (Å²) in [6, 6.07) is 10.5. The average Bonchev–Trinajstić information content (AvgIpc) is 3.06. The van der Waals surface area contributed by atoms with E-state index in [2.05, 4.69) is 16.0 Å². The average molecular weight is 478 g/mol. The number of carboxylic acid groups (broad SMARTS) is 1. The van der Waals surface area contributed by atoms with Crippen molar-refractivity contribution < 1.29 is 33.9 Å². The minimum Gasteiger partial charge on any atom is -0.465 e. The molecule has 0 spiro atoms. The van der Waals surface area contributed by atoms with Gasteiger partial charge >= 0.3 is 6.09 Å². The van der Waals surface area contributed by atoms with Gasteiger partial charge in [0, 0.05) is 13.0 Å². The lowest BCUT2D eigenvalue weighted by molar-refractivity contribution is -0.136. The van der Waals surface area contributed by atoms with Crippen molar-refractivity contribution in [3.63, 3.8) is 0 Å². The first-order valence-electron chi connectivity index (χ1n) is 10.9. The molecule has 0 bridgehead atoms. The molecule has 0 aliphatic carbocycles. The summed E-state index contributed by atoms with van der Waals surface area (Å²) >= 11 is 0. The lowest BCUT2D eigenvalue weighted by atomic mass is 10.0. The van der Waals surface area contributed by atoms with E-state index in [1.165, 1.54) is 18.2 Å². The second-order valence-corrected chi connectivity index (χ2v) is 8.20. The van der Waals surface area contributed by atoms with E-state index in [0.717, 1.165) is 10.5 Å². The molecule has 4 N–H and O–H groups in total. The van der Waals surface area contributed by atoms with Gasteiger partial charge < -0.3 is 15.7 Å². The Morgan fingerprint density at radius 1 is 1.00 bits per heavy atom. The first-order chi connectivity index (χ1) is 16.7. The van der Waals surface area contributed by atoms with Crippen LogP contribution in [0.25, 0.3) is 0 Å². The highest BCUT2D eigenvalue weighted by molar-refractivity contribution is 6.26. The molecule has 4 rings (SSSR count). The molecule has 11 nitrogen and oxygen atoms in total. The van der Waals surface area contributed by atoms with E-state index in [1.54, 1.807) is 24.3 Å². The van der Waals surface area contributed by atoms with Crippen LogP contribution in [0.1, 0.15) is 44.7 Å². The Morgan fingerprint density at radius 3 is 2.40 bits per heavy atom. The summed E-state index contributed by atoms with van der Waals surface area (Å²) < 4.78 is 0. The van der Waals surface area contributed by atoms with Gasteiger partial charge in [-0.2, -0.15) is 0 Å². The maximum absolute atomic E-state index is 13.1. The molecule has 2 aromatic rings. The number of imide groups is 2. The molecular formula is C24H22N4O7. The van der Waals surface area contributed by atoms with Gasteiger partial charge in [0.1, 0.15) is 6.04 Å². The number of fused-ring (bicyclic) bond motifs is 1. The number of carbonyl (C=O) groups is 6. The molecule has 11 heteroatoms. The van der Waals surface area contributed by atoms with Crippen molar-refractivity contribution in [1.82, 2.24) is 15.5 Å². The van der Waals surface area contributed by atoms with Crippen LogP contribution in [0.4, 0.5) is 10.5 Å². The molecule has 35 heavy (non-hydrogen) atoms. The summed E-state index contributed by atoms with van der Waals surface area (Å²) in [5.41, 5.74) is 1.87. The molecule has 2 heterocycles. The van der Waals surface area contributed by atoms with Gasteiger partial charge in [-0.1, -0.05) is 30.3 Å². The van der Waals surface area contributed by atoms with E-state index < -0.39 is 41.7 Å². The Morgan fingerprint density at radius 2 is 1.71 bits per heavy atom. The van der Waals surface area contributed by atoms with Crippen LogP contribution in [0.2, 0.25) is 0 Å². The van der Waals surface area contributed by atoms with E-state index in [0.29, 0.717) is 12.0 Å². The van der Waals surface area contributed by atoms with Gasteiger partial charge in [0.25, 0.3) is 11.8 Å². The zero-order valence-corrected chi connectivity index (χ0v) is 18.5. The van der Waals surface area contributed by atoms with E-state index in [-0.39, 0.29) is 42.6 Å². The van der Waals surface area contributed by atoms with Crippen molar-refractivity contribution in [2.24, 2.45) is 0 Å². The smallest absolute Gasteiger partial charge is 0.404 e. The van der Waals surface area contributed by atoms with Crippen molar-refractivity contribution in [3.05, 3.63) is 64.7 Å². The fraction of sp³-hybridized carbons (Fsp3) is 0.250. The zero-order chi connectivity index (χ0) is 25.1. The summed E-state index contributed by atoms with van der Waals surface area (Å²) in [6.07, 6.45) is -0.515. The van der Waals surface area contributed by atoms with E-state index in [1.807, 2.05) is 0 Å². The van der Waals surface area contributed by atoms with Gasteiger partial charge in [-0.25, -0.2) is 4.79 Å². The maximum Gasteiger partial charge on any atom is 0.404 e. The fourth-order valence-corrected chi connectivity index (χ4v) is 4.14. The van der Waals surface area contributed by atoms with Crippen LogP contribution in [0, 0.1) is 0 Å². The normalized spacial score (nSPS) is 17.1. The summed E-state index contributed by atoms with van der Waals surface area (Å²) in [7, 11) is 0. The summed E-state index contributed by atoms with van der Waals surface area (Å²) in [5, 5.41) is 15.7. The van der Waals surface area contributed by atoms with Crippen molar-refractivity contribution in [3.8, 4) is 0 Å². The fourth-order valence-electron chi connectivity index (χ4n) is 4.14. The third-order valence-electron chi connectivity index (χ3n) is 5.82. The van der Waals surface area contributed by atoms with Gasteiger partial charge in [-0.15, -0.1) is 0 Å². The molecule has 0 aromatic heterocycles. The van der Waals surface area contributed by atoms with Gasteiger partial charge in [0.2, 0.25) is 17.7 Å². The number of carbonyl (C=O) groups excluding carboxylic acids is 5. The molecule has 2 aliphatic rings. The summed E-state index contributed by atoms with van der Waals surface area (Å²) in [5.74, 6) is -2.92. The number of amides is 6. The molecule has 1 saturated heterocycles. The highest BCUT2D eigenvalue weighted by Crippen LogP contribution is 2.32. The number of benzene rings is 2. The largest absolute Gasteiger partial charge is 0.465 e. The number of anilines is 1. The Hall–Kier alpha value is -4.54.